The summed E-state index contributed by atoms with van der Waals surface area (Å²) in [4.78, 5) is 15.1. The van der Waals surface area contributed by atoms with Crippen LogP contribution in [0.5, 0.6) is 0 Å². The second-order valence-corrected chi connectivity index (χ2v) is 4.06. The van der Waals surface area contributed by atoms with Crippen LogP contribution in [0, 0.1) is 6.92 Å². The Morgan fingerprint density at radius 3 is 2.69 bits per heavy atom. The summed E-state index contributed by atoms with van der Waals surface area (Å²) in [6.07, 6.45) is 0. The van der Waals surface area contributed by atoms with Gasteiger partial charge in [-0.15, -0.1) is 0 Å². The highest BCUT2D eigenvalue weighted by Gasteiger charge is 2.16. The first-order chi connectivity index (χ1) is 7.45. The zero-order valence-corrected chi connectivity index (χ0v) is 10.7. The lowest BCUT2D eigenvalue weighted by atomic mass is 10.2. The molecule has 0 aliphatic carbocycles. The van der Waals surface area contributed by atoms with Gasteiger partial charge in [0.15, 0.2) is 5.15 Å². The van der Waals surface area contributed by atoms with E-state index in [1.54, 1.807) is 13.0 Å². The summed E-state index contributed by atoms with van der Waals surface area (Å²) < 4.78 is 4.60. The Kier molecular flexibility index (Phi) is 4.38. The van der Waals surface area contributed by atoms with Gasteiger partial charge in [0.1, 0.15) is 11.2 Å². The van der Waals surface area contributed by atoms with E-state index in [4.69, 9.17) is 23.2 Å². The van der Waals surface area contributed by atoms with Gasteiger partial charge in [-0.1, -0.05) is 23.2 Å². The van der Waals surface area contributed by atoms with E-state index in [-0.39, 0.29) is 11.1 Å². The van der Waals surface area contributed by atoms with Crippen molar-refractivity contribution in [3.8, 4) is 0 Å². The number of aryl methyl sites for hydroxylation is 1. The van der Waals surface area contributed by atoms with Gasteiger partial charge in [-0.05, 0) is 25.5 Å². The molecule has 0 amide bonds. The molecule has 1 aromatic heterocycles. The summed E-state index contributed by atoms with van der Waals surface area (Å²) in [5.41, 5.74) is 1.41. The summed E-state index contributed by atoms with van der Waals surface area (Å²) >= 11 is 11.7. The van der Waals surface area contributed by atoms with Gasteiger partial charge in [0.2, 0.25) is 0 Å². The Hall–Kier alpha value is -1.00. The SMILES string of the molecule is COC(=O)C(C)Nc1c(C)cc(Cl)nc1Cl. The number of carbonyl (C=O) groups is 1. The van der Waals surface area contributed by atoms with Crippen molar-refractivity contribution in [2.45, 2.75) is 19.9 Å². The van der Waals surface area contributed by atoms with Gasteiger partial charge >= 0.3 is 5.97 Å². The van der Waals surface area contributed by atoms with Gasteiger partial charge in [0, 0.05) is 0 Å². The predicted octanol–water partition coefficient (Wildman–Crippen LogP) is 2.67. The molecule has 0 aliphatic heterocycles. The number of esters is 1. The smallest absolute Gasteiger partial charge is 0.327 e. The van der Waals surface area contributed by atoms with Crippen LogP contribution in [0.2, 0.25) is 10.3 Å². The summed E-state index contributed by atoms with van der Waals surface area (Å²) in [5.74, 6) is -0.370. The van der Waals surface area contributed by atoms with Crippen molar-refractivity contribution in [2.24, 2.45) is 0 Å². The van der Waals surface area contributed by atoms with Gasteiger partial charge in [-0.3, -0.25) is 0 Å². The molecule has 0 aliphatic rings. The molecule has 88 valence electrons. The Bertz CT molecular complexity index is 387. The molecule has 6 heteroatoms. The molecule has 0 radical (unpaired) electrons. The fraction of sp³-hybridized carbons (Fsp3) is 0.400. The van der Waals surface area contributed by atoms with E-state index < -0.39 is 6.04 Å². The Morgan fingerprint density at radius 1 is 1.56 bits per heavy atom. The van der Waals surface area contributed by atoms with Crippen LogP contribution < -0.4 is 5.32 Å². The molecule has 1 unspecified atom stereocenters. The molecule has 1 rings (SSSR count). The van der Waals surface area contributed by atoms with E-state index in [2.05, 4.69) is 15.0 Å². The quantitative estimate of drug-likeness (QED) is 0.672. The molecule has 0 spiro atoms. The molecule has 1 N–H and O–H groups in total. The summed E-state index contributed by atoms with van der Waals surface area (Å²) in [5, 5.41) is 3.48. The monoisotopic (exact) mass is 262 g/mol. The van der Waals surface area contributed by atoms with E-state index in [0.717, 1.165) is 5.56 Å². The number of hydrogen-bond donors (Lipinski definition) is 1. The number of nitrogens with zero attached hydrogens (tertiary/aromatic N) is 1. The van der Waals surface area contributed by atoms with Gasteiger partial charge < -0.3 is 10.1 Å². The first-order valence-corrected chi connectivity index (χ1v) is 5.38. The summed E-state index contributed by atoms with van der Waals surface area (Å²) in [7, 11) is 1.33. The summed E-state index contributed by atoms with van der Waals surface area (Å²) in [6.45, 7) is 3.50. The number of nitrogens with one attached hydrogen (secondary N) is 1. The minimum absolute atomic E-state index is 0.237. The highest BCUT2D eigenvalue weighted by molar-refractivity contribution is 6.34. The number of halogens is 2. The normalized spacial score (nSPS) is 12.1. The van der Waals surface area contributed by atoms with Crippen molar-refractivity contribution < 1.29 is 9.53 Å². The van der Waals surface area contributed by atoms with Crippen LogP contribution in [-0.4, -0.2) is 24.1 Å². The minimum Gasteiger partial charge on any atom is -0.467 e. The number of pyridine rings is 1. The number of rotatable bonds is 3. The number of anilines is 1. The van der Waals surface area contributed by atoms with E-state index >= 15 is 0 Å². The molecule has 0 fully saturated rings. The second-order valence-electron chi connectivity index (χ2n) is 3.32. The zero-order valence-electron chi connectivity index (χ0n) is 9.17. The van der Waals surface area contributed by atoms with Crippen molar-refractivity contribution in [3.05, 3.63) is 21.9 Å². The first-order valence-electron chi connectivity index (χ1n) is 4.62. The Morgan fingerprint density at radius 2 is 2.19 bits per heavy atom. The van der Waals surface area contributed by atoms with E-state index in [0.29, 0.717) is 10.8 Å². The molecular weight excluding hydrogens is 251 g/mol. The maximum atomic E-state index is 11.2. The highest BCUT2D eigenvalue weighted by atomic mass is 35.5. The van der Waals surface area contributed by atoms with Crippen molar-refractivity contribution >= 4 is 34.9 Å². The molecule has 0 saturated heterocycles. The average Bonchev–Trinajstić information content (AvgIpc) is 2.21. The molecular formula is C10H12Cl2N2O2. The molecule has 0 aromatic carbocycles. The molecule has 1 heterocycles. The maximum Gasteiger partial charge on any atom is 0.327 e. The molecule has 1 aromatic rings. The average molecular weight is 263 g/mol. The van der Waals surface area contributed by atoms with Crippen molar-refractivity contribution in [2.75, 3.05) is 12.4 Å². The van der Waals surface area contributed by atoms with E-state index in [1.165, 1.54) is 7.11 Å². The fourth-order valence-corrected chi connectivity index (χ4v) is 1.81. The molecule has 16 heavy (non-hydrogen) atoms. The number of aromatic nitrogens is 1. The second kappa shape index (κ2) is 5.37. The van der Waals surface area contributed by atoms with Crippen LogP contribution in [0.15, 0.2) is 6.07 Å². The van der Waals surface area contributed by atoms with Crippen LogP contribution >= 0.6 is 23.2 Å². The number of methoxy groups -OCH3 is 1. The molecule has 4 nitrogen and oxygen atoms in total. The van der Waals surface area contributed by atoms with Crippen molar-refractivity contribution in [1.29, 1.82) is 0 Å². The topological polar surface area (TPSA) is 51.2 Å². The third kappa shape index (κ3) is 3.00. The van der Waals surface area contributed by atoms with E-state index in [1.807, 2.05) is 6.92 Å². The number of carbonyl (C=O) groups excluding carboxylic acids is 1. The van der Waals surface area contributed by atoms with Crippen LogP contribution in [-0.2, 0) is 9.53 Å². The zero-order chi connectivity index (χ0) is 12.3. The van der Waals surface area contributed by atoms with Crippen LogP contribution in [0.3, 0.4) is 0 Å². The van der Waals surface area contributed by atoms with Crippen LogP contribution in [0.4, 0.5) is 5.69 Å². The van der Waals surface area contributed by atoms with Crippen molar-refractivity contribution in [1.82, 2.24) is 4.98 Å². The molecule has 0 saturated carbocycles. The van der Waals surface area contributed by atoms with Crippen molar-refractivity contribution in [3.63, 3.8) is 0 Å². The van der Waals surface area contributed by atoms with E-state index in [9.17, 15) is 4.79 Å². The number of ether oxygens (including phenoxy) is 1. The lowest BCUT2D eigenvalue weighted by Gasteiger charge is -2.15. The lowest BCUT2D eigenvalue weighted by Crippen LogP contribution is -2.27. The molecule has 0 bridgehead atoms. The van der Waals surface area contributed by atoms with Crippen LogP contribution in [0.25, 0.3) is 0 Å². The fourth-order valence-electron chi connectivity index (χ4n) is 1.22. The number of hydrogen-bond acceptors (Lipinski definition) is 4. The third-order valence-electron chi connectivity index (χ3n) is 2.06. The minimum atomic E-state index is -0.496. The van der Waals surface area contributed by atoms with Crippen LogP contribution in [0.1, 0.15) is 12.5 Å². The largest absolute Gasteiger partial charge is 0.467 e. The third-order valence-corrected chi connectivity index (χ3v) is 2.52. The lowest BCUT2D eigenvalue weighted by molar-refractivity contribution is -0.141. The molecule has 1 atom stereocenters. The highest BCUT2D eigenvalue weighted by Crippen LogP contribution is 2.26. The van der Waals surface area contributed by atoms with Gasteiger partial charge in [0.05, 0.1) is 12.8 Å². The van der Waals surface area contributed by atoms with Gasteiger partial charge in [-0.2, -0.15) is 0 Å². The predicted molar refractivity (Wildman–Crippen MR) is 64.1 cm³/mol. The first kappa shape index (κ1) is 13.1. The Balaban J connectivity index is 2.93. The summed E-state index contributed by atoms with van der Waals surface area (Å²) in [6, 6.07) is 1.17. The van der Waals surface area contributed by atoms with Gasteiger partial charge in [0.25, 0.3) is 0 Å². The van der Waals surface area contributed by atoms with Gasteiger partial charge in [-0.25, -0.2) is 9.78 Å². The Labute approximate surface area is 104 Å². The standard InChI is InChI=1S/C10H12Cl2N2O2/c1-5-4-7(11)14-9(12)8(5)13-6(2)10(15)16-3/h4,6,13H,1-3H3. The maximum absolute atomic E-state index is 11.2.